The van der Waals surface area contributed by atoms with Crippen LogP contribution in [0.1, 0.15) is 5.56 Å². The minimum absolute atomic E-state index is 0.0886. The van der Waals surface area contributed by atoms with Crippen molar-refractivity contribution >= 4 is 11.7 Å². The smallest absolute Gasteiger partial charge is 0.321 e. The lowest BCUT2D eigenvalue weighted by Crippen LogP contribution is -2.51. The summed E-state index contributed by atoms with van der Waals surface area (Å²) in [4.78, 5) is 18.9. The summed E-state index contributed by atoms with van der Waals surface area (Å²) in [5.74, 6) is 0. The quantitative estimate of drug-likeness (QED) is 0.729. The molecule has 0 atom stereocenters. The third-order valence-electron chi connectivity index (χ3n) is 4.43. The predicted octanol–water partition coefficient (Wildman–Crippen LogP) is 2.38. The Kier molecular flexibility index (Phi) is 7.87. The Morgan fingerprint density at radius 1 is 1.15 bits per heavy atom. The SMILES string of the molecule is C=CCN(CC=C)CCN1CCN(C(=O)Nc2ccc(C#N)cc2)CC1. The largest absolute Gasteiger partial charge is 0.322 e. The van der Waals surface area contributed by atoms with E-state index >= 15 is 0 Å². The molecule has 1 aliphatic rings. The zero-order valence-electron chi connectivity index (χ0n) is 15.2. The fourth-order valence-corrected chi connectivity index (χ4v) is 2.91. The van der Waals surface area contributed by atoms with E-state index in [1.807, 2.05) is 17.1 Å². The number of nitrogens with one attached hydrogen (secondary N) is 1. The van der Waals surface area contributed by atoms with Gasteiger partial charge in [0, 0.05) is 58.0 Å². The Balaban J connectivity index is 1.74. The van der Waals surface area contributed by atoms with Crippen molar-refractivity contribution in [2.45, 2.75) is 0 Å². The van der Waals surface area contributed by atoms with Crippen LogP contribution in [0.15, 0.2) is 49.6 Å². The second kappa shape index (κ2) is 10.4. The highest BCUT2D eigenvalue weighted by atomic mass is 16.2. The van der Waals surface area contributed by atoms with Crippen LogP contribution in [0.4, 0.5) is 10.5 Å². The van der Waals surface area contributed by atoms with E-state index < -0.39 is 0 Å². The summed E-state index contributed by atoms with van der Waals surface area (Å²) in [6, 6.07) is 8.88. The van der Waals surface area contributed by atoms with Crippen LogP contribution in [0.5, 0.6) is 0 Å². The maximum absolute atomic E-state index is 12.4. The van der Waals surface area contributed by atoms with Gasteiger partial charge in [0.25, 0.3) is 0 Å². The van der Waals surface area contributed by atoms with Gasteiger partial charge in [-0.05, 0) is 24.3 Å². The van der Waals surface area contributed by atoms with E-state index in [0.29, 0.717) is 24.3 Å². The van der Waals surface area contributed by atoms with Crippen LogP contribution < -0.4 is 5.32 Å². The van der Waals surface area contributed by atoms with Gasteiger partial charge >= 0.3 is 6.03 Å². The van der Waals surface area contributed by atoms with E-state index in [4.69, 9.17) is 5.26 Å². The molecule has 0 radical (unpaired) electrons. The first kappa shape index (κ1) is 19.7. The zero-order valence-corrected chi connectivity index (χ0v) is 15.2. The van der Waals surface area contributed by atoms with Gasteiger partial charge in [0.2, 0.25) is 0 Å². The van der Waals surface area contributed by atoms with Crippen molar-refractivity contribution < 1.29 is 4.79 Å². The molecule has 0 bridgehead atoms. The molecule has 138 valence electrons. The van der Waals surface area contributed by atoms with Crippen LogP contribution in [0.2, 0.25) is 0 Å². The average molecular weight is 353 g/mol. The second-order valence-electron chi connectivity index (χ2n) is 6.28. The molecule has 26 heavy (non-hydrogen) atoms. The molecule has 6 nitrogen and oxygen atoms in total. The van der Waals surface area contributed by atoms with Crippen molar-refractivity contribution in [3.8, 4) is 6.07 Å². The zero-order chi connectivity index (χ0) is 18.8. The fraction of sp³-hybridized carbons (Fsp3) is 0.400. The highest BCUT2D eigenvalue weighted by Gasteiger charge is 2.21. The predicted molar refractivity (Wildman–Crippen MR) is 105 cm³/mol. The maximum atomic E-state index is 12.4. The van der Waals surface area contributed by atoms with Crippen LogP contribution in [0.25, 0.3) is 0 Å². The van der Waals surface area contributed by atoms with Gasteiger partial charge in [0.15, 0.2) is 0 Å². The molecule has 1 saturated heterocycles. The summed E-state index contributed by atoms with van der Waals surface area (Å²) in [5, 5.41) is 11.7. The third kappa shape index (κ3) is 6.03. The van der Waals surface area contributed by atoms with Crippen LogP contribution >= 0.6 is 0 Å². The van der Waals surface area contributed by atoms with Gasteiger partial charge < -0.3 is 10.2 Å². The van der Waals surface area contributed by atoms with E-state index in [1.54, 1.807) is 24.3 Å². The van der Waals surface area contributed by atoms with E-state index in [0.717, 1.165) is 39.3 Å². The lowest BCUT2D eigenvalue weighted by atomic mass is 10.2. The highest BCUT2D eigenvalue weighted by molar-refractivity contribution is 5.89. The number of nitriles is 1. The minimum Gasteiger partial charge on any atom is -0.322 e. The molecule has 0 saturated carbocycles. The van der Waals surface area contributed by atoms with Gasteiger partial charge in [0.05, 0.1) is 11.6 Å². The first-order valence-electron chi connectivity index (χ1n) is 8.89. The number of urea groups is 1. The number of carbonyl (C=O) groups is 1. The molecule has 1 aromatic carbocycles. The minimum atomic E-state index is -0.0886. The average Bonchev–Trinajstić information content (AvgIpc) is 2.67. The first-order chi connectivity index (χ1) is 12.7. The first-order valence-corrected chi connectivity index (χ1v) is 8.89. The molecule has 0 spiro atoms. The van der Waals surface area contributed by atoms with Gasteiger partial charge in [-0.3, -0.25) is 9.80 Å². The monoisotopic (exact) mass is 353 g/mol. The van der Waals surface area contributed by atoms with Crippen LogP contribution in [-0.4, -0.2) is 73.1 Å². The standard InChI is InChI=1S/C20H27N5O/c1-3-9-23(10-4-2)11-12-24-13-15-25(16-14-24)20(26)22-19-7-5-18(17-21)6-8-19/h3-8H,1-2,9-16H2,(H,22,26). The molecule has 0 aromatic heterocycles. The lowest BCUT2D eigenvalue weighted by molar-refractivity contribution is 0.137. The van der Waals surface area contributed by atoms with Crippen molar-refractivity contribution in [1.29, 1.82) is 5.26 Å². The number of hydrogen-bond donors (Lipinski definition) is 1. The van der Waals surface area contributed by atoms with E-state index in [1.165, 1.54) is 0 Å². The van der Waals surface area contributed by atoms with Gasteiger partial charge in [-0.2, -0.15) is 5.26 Å². The van der Waals surface area contributed by atoms with Crippen molar-refractivity contribution in [3.05, 3.63) is 55.1 Å². The van der Waals surface area contributed by atoms with Crippen LogP contribution in [0, 0.1) is 11.3 Å². The molecular weight excluding hydrogens is 326 g/mol. The molecular formula is C20H27N5O. The van der Waals surface area contributed by atoms with Crippen LogP contribution in [0.3, 0.4) is 0 Å². The topological polar surface area (TPSA) is 62.6 Å². The summed E-state index contributed by atoms with van der Waals surface area (Å²) in [6.45, 7) is 14.4. The molecule has 1 aromatic rings. The molecule has 6 heteroatoms. The molecule has 1 N–H and O–H groups in total. The molecule has 0 aliphatic carbocycles. The fourth-order valence-electron chi connectivity index (χ4n) is 2.91. The molecule has 1 aliphatic heterocycles. The number of piperazine rings is 1. The number of anilines is 1. The summed E-state index contributed by atoms with van der Waals surface area (Å²) >= 11 is 0. The van der Waals surface area contributed by atoms with E-state index in [2.05, 4.69) is 34.3 Å². The number of benzene rings is 1. The normalized spacial score (nSPS) is 14.7. The maximum Gasteiger partial charge on any atom is 0.321 e. The van der Waals surface area contributed by atoms with Crippen molar-refractivity contribution in [3.63, 3.8) is 0 Å². The van der Waals surface area contributed by atoms with Gasteiger partial charge in [-0.15, -0.1) is 13.2 Å². The molecule has 2 amide bonds. The summed E-state index contributed by atoms with van der Waals surface area (Å²) in [5.41, 5.74) is 1.29. The van der Waals surface area contributed by atoms with Gasteiger partial charge in [-0.25, -0.2) is 4.79 Å². The Labute approximate surface area is 156 Å². The molecule has 2 rings (SSSR count). The molecule has 1 fully saturated rings. The Morgan fingerprint density at radius 2 is 1.77 bits per heavy atom. The lowest BCUT2D eigenvalue weighted by Gasteiger charge is -2.35. The summed E-state index contributed by atoms with van der Waals surface area (Å²) in [6.07, 6.45) is 3.82. The molecule has 0 unspecified atom stereocenters. The Hall–Kier alpha value is -2.62. The van der Waals surface area contributed by atoms with Crippen molar-refractivity contribution in [1.82, 2.24) is 14.7 Å². The van der Waals surface area contributed by atoms with Gasteiger partial charge in [0.1, 0.15) is 0 Å². The summed E-state index contributed by atoms with van der Waals surface area (Å²) in [7, 11) is 0. The van der Waals surface area contributed by atoms with E-state index in [-0.39, 0.29) is 6.03 Å². The van der Waals surface area contributed by atoms with Crippen molar-refractivity contribution in [2.24, 2.45) is 0 Å². The van der Waals surface area contributed by atoms with Crippen molar-refractivity contribution in [2.75, 3.05) is 57.7 Å². The molecule has 1 heterocycles. The number of carbonyl (C=O) groups excluding carboxylic acids is 1. The number of hydrogen-bond acceptors (Lipinski definition) is 4. The Morgan fingerprint density at radius 3 is 2.31 bits per heavy atom. The van der Waals surface area contributed by atoms with Gasteiger partial charge in [-0.1, -0.05) is 12.2 Å². The number of nitrogens with zero attached hydrogens (tertiary/aromatic N) is 4. The van der Waals surface area contributed by atoms with Crippen LogP contribution in [-0.2, 0) is 0 Å². The number of amides is 2. The second-order valence-corrected chi connectivity index (χ2v) is 6.28. The number of rotatable bonds is 8. The Bertz CT molecular complexity index is 631. The van der Waals surface area contributed by atoms with E-state index in [9.17, 15) is 4.79 Å². The third-order valence-corrected chi connectivity index (χ3v) is 4.43. The summed E-state index contributed by atoms with van der Waals surface area (Å²) < 4.78 is 0. The highest BCUT2D eigenvalue weighted by Crippen LogP contribution is 2.11.